The number of nitrogens with zero attached hydrogens (tertiary/aromatic N) is 6. The van der Waals surface area contributed by atoms with Crippen LogP contribution in [0.5, 0.6) is 0 Å². The average molecular weight is 334 g/mol. The number of anilines is 1. The van der Waals surface area contributed by atoms with Gasteiger partial charge in [-0.25, -0.2) is 0 Å². The van der Waals surface area contributed by atoms with Crippen LogP contribution in [0.4, 0.5) is 5.82 Å². The van der Waals surface area contributed by atoms with E-state index in [0.29, 0.717) is 6.04 Å². The van der Waals surface area contributed by atoms with Crippen LogP contribution in [-0.2, 0) is 0 Å². The predicted molar refractivity (Wildman–Crippen MR) is 99.5 cm³/mol. The molecule has 1 aliphatic heterocycles. The van der Waals surface area contributed by atoms with Gasteiger partial charge in [-0.05, 0) is 24.6 Å². The van der Waals surface area contributed by atoms with Crippen molar-refractivity contribution in [2.75, 3.05) is 31.1 Å². The van der Waals surface area contributed by atoms with Crippen molar-refractivity contribution in [3.05, 3.63) is 60.4 Å². The van der Waals surface area contributed by atoms with Gasteiger partial charge in [0.25, 0.3) is 0 Å². The Morgan fingerprint density at radius 3 is 2.84 bits per heavy atom. The predicted octanol–water partition coefficient (Wildman–Crippen LogP) is 2.35. The van der Waals surface area contributed by atoms with Crippen molar-refractivity contribution >= 4 is 17.5 Å². The number of hydrogen-bond donors (Lipinski definition) is 0. The topological polar surface area (TPSA) is 49.6 Å². The van der Waals surface area contributed by atoms with Crippen LogP contribution in [0.25, 0.3) is 11.7 Å². The Balaban J connectivity index is 1.37. The highest BCUT2D eigenvalue weighted by Crippen LogP contribution is 2.18. The maximum atomic E-state index is 4.62. The summed E-state index contributed by atoms with van der Waals surface area (Å²) in [7, 11) is 0. The van der Waals surface area contributed by atoms with Crippen molar-refractivity contribution in [2.45, 2.75) is 13.0 Å². The second-order valence-electron chi connectivity index (χ2n) is 6.44. The van der Waals surface area contributed by atoms with Crippen molar-refractivity contribution in [1.82, 2.24) is 24.7 Å². The van der Waals surface area contributed by atoms with Gasteiger partial charge in [0.1, 0.15) is 12.1 Å². The molecule has 0 unspecified atom stereocenters. The van der Waals surface area contributed by atoms with E-state index in [1.807, 2.05) is 18.2 Å². The Bertz CT molecular complexity index is 856. The average Bonchev–Trinajstić information content (AvgIpc) is 3.10. The van der Waals surface area contributed by atoms with Gasteiger partial charge >= 0.3 is 0 Å². The standard InChI is InChI=1S/C19H22N6/c1-16-14-23(11-5-8-17-6-3-2-4-7-17)12-13-24(16)19-10-9-18-21-20-15-25(18)22-19/h2-10,15-16H,11-14H2,1H3/b8-5+/t16-/m0/s1. The summed E-state index contributed by atoms with van der Waals surface area (Å²) in [5, 5.41) is 12.5. The Hall–Kier alpha value is -2.73. The molecule has 128 valence electrons. The van der Waals surface area contributed by atoms with Gasteiger partial charge in [-0.1, -0.05) is 42.5 Å². The van der Waals surface area contributed by atoms with Crippen LogP contribution in [0.3, 0.4) is 0 Å². The van der Waals surface area contributed by atoms with Crippen LogP contribution in [0.2, 0.25) is 0 Å². The van der Waals surface area contributed by atoms with Crippen molar-refractivity contribution in [3.63, 3.8) is 0 Å². The van der Waals surface area contributed by atoms with Gasteiger partial charge in [-0.2, -0.15) is 4.52 Å². The zero-order chi connectivity index (χ0) is 17.1. The molecule has 3 aromatic rings. The first-order chi connectivity index (χ1) is 12.3. The lowest BCUT2D eigenvalue weighted by molar-refractivity contribution is 0.250. The molecule has 1 aliphatic rings. The first-order valence-corrected chi connectivity index (χ1v) is 8.67. The summed E-state index contributed by atoms with van der Waals surface area (Å²) in [6.45, 7) is 6.27. The van der Waals surface area contributed by atoms with E-state index in [2.05, 4.69) is 68.4 Å². The van der Waals surface area contributed by atoms with Gasteiger partial charge in [0, 0.05) is 32.2 Å². The fraction of sp³-hybridized carbons (Fsp3) is 0.316. The van der Waals surface area contributed by atoms with Crippen molar-refractivity contribution in [2.24, 2.45) is 0 Å². The van der Waals surface area contributed by atoms with E-state index in [0.717, 1.165) is 37.6 Å². The van der Waals surface area contributed by atoms with E-state index in [-0.39, 0.29) is 0 Å². The lowest BCUT2D eigenvalue weighted by atomic mass is 10.1. The van der Waals surface area contributed by atoms with Crippen LogP contribution in [0, 0.1) is 0 Å². The minimum Gasteiger partial charge on any atom is -0.350 e. The molecule has 1 saturated heterocycles. The highest BCUT2D eigenvalue weighted by atomic mass is 15.4. The van der Waals surface area contributed by atoms with Gasteiger partial charge < -0.3 is 4.90 Å². The van der Waals surface area contributed by atoms with Gasteiger partial charge in [0.15, 0.2) is 5.65 Å². The summed E-state index contributed by atoms with van der Waals surface area (Å²) >= 11 is 0. The molecule has 0 saturated carbocycles. The van der Waals surface area contributed by atoms with Gasteiger partial charge in [-0.3, -0.25) is 4.90 Å². The zero-order valence-electron chi connectivity index (χ0n) is 14.4. The highest BCUT2D eigenvalue weighted by Gasteiger charge is 2.24. The number of aromatic nitrogens is 4. The van der Waals surface area contributed by atoms with E-state index >= 15 is 0 Å². The van der Waals surface area contributed by atoms with E-state index in [9.17, 15) is 0 Å². The lowest BCUT2D eigenvalue weighted by Crippen LogP contribution is -2.52. The molecule has 0 spiro atoms. The summed E-state index contributed by atoms with van der Waals surface area (Å²) in [4.78, 5) is 4.84. The Morgan fingerprint density at radius 2 is 2.00 bits per heavy atom. The van der Waals surface area contributed by atoms with Crippen molar-refractivity contribution < 1.29 is 0 Å². The summed E-state index contributed by atoms with van der Waals surface area (Å²) < 4.78 is 1.73. The molecular formula is C19H22N6. The monoisotopic (exact) mass is 334 g/mol. The molecule has 6 heteroatoms. The Kier molecular flexibility index (Phi) is 4.43. The largest absolute Gasteiger partial charge is 0.350 e. The smallest absolute Gasteiger partial charge is 0.177 e. The minimum atomic E-state index is 0.417. The number of piperazine rings is 1. The maximum absolute atomic E-state index is 4.62. The number of benzene rings is 1. The molecule has 0 N–H and O–H groups in total. The molecule has 0 amide bonds. The SMILES string of the molecule is C[C@H]1CN(C/C=C/c2ccccc2)CCN1c1ccc2nncn2n1. The van der Waals surface area contributed by atoms with Gasteiger partial charge in [0.2, 0.25) is 0 Å². The molecular weight excluding hydrogens is 312 g/mol. The highest BCUT2D eigenvalue weighted by molar-refractivity contribution is 5.49. The third kappa shape index (κ3) is 3.53. The van der Waals surface area contributed by atoms with Crippen LogP contribution >= 0.6 is 0 Å². The zero-order valence-corrected chi connectivity index (χ0v) is 14.4. The molecule has 0 radical (unpaired) electrons. The molecule has 1 aromatic carbocycles. The maximum Gasteiger partial charge on any atom is 0.177 e. The molecule has 3 heterocycles. The summed E-state index contributed by atoms with van der Waals surface area (Å²) in [5.41, 5.74) is 2.03. The van der Waals surface area contributed by atoms with E-state index in [4.69, 9.17) is 0 Å². The first kappa shape index (κ1) is 15.8. The minimum absolute atomic E-state index is 0.417. The van der Waals surface area contributed by atoms with Crippen LogP contribution in [0.15, 0.2) is 54.9 Å². The molecule has 2 aromatic heterocycles. The Labute approximate surface area is 147 Å². The Morgan fingerprint density at radius 1 is 1.12 bits per heavy atom. The molecule has 0 aliphatic carbocycles. The van der Waals surface area contributed by atoms with Crippen molar-refractivity contribution in [3.8, 4) is 0 Å². The van der Waals surface area contributed by atoms with Crippen LogP contribution in [0.1, 0.15) is 12.5 Å². The summed E-state index contributed by atoms with van der Waals surface area (Å²) in [6, 6.07) is 14.9. The second-order valence-corrected chi connectivity index (χ2v) is 6.44. The quantitative estimate of drug-likeness (QED) is 0.733. The fourth-order valence-corrected chi connectivity index (χ4v) is 3.31. The number of rotatable bonds is 4. The normalized spacial score (nSPS) is 19.1. The number of fused-ring (bicyclic) bond motifs is 1. The second kappa shape index (κ2) is 7.03. The van der Waals surface area contributed by atoms with Crippen molar-refractivity contribution in [1.29, 1.82) is 0 Å². The van der Waals surface area contributed by atoms with E-state index in [1.165, 1.54) is 5.56 Å². The molecule has 1 fully saturated rings. The summed E-state index contributed by atoms with van der Waals surface area (Å²) in [5.74, 6) is 0.985. The molecule has 4 rings (SSSR count). The fourth-order valence-electron chi connectivity index (χ4n) is 3.31. The number of hydrogen-bond acceptors (Lipinski definition) is 5. The van der Waals surface area contributed by atoms with Gasteiger partial charge in [0.05, 0.1) is 0 Å². The molecule has 25 heavy (non-hydrogen) atoms. The summed E-state index contributed by atoms with van der Waals surface area (Å²) in [6.07, 6.45) is 6.09. The molecule has 0 bridgehead atoms. The van der Waals surface area contributed by atoms with Crippen LogP contribution < -0.4 is 4.90 Å². The molecule has 1 atom stereocenters. The first-order valence-electron chi connectivity index (χ1n) is 8.67. The third-order valence-corrected chi connectivity index (χ3v) is 4.63. The van der Waals surface area contributed by atoms with Crippen LogP contribution in [-0.4, -0.2) is 56.9 Å². The van der Waals surface area contributed by atoms with E-state index in [1.54, 1.807) is 10.8 Å². The third-order valence-electron chi connectivity index (χ3n) is 4.63. The molecule has 6 nitrogen and oxygen atoms in total. The lowest BCUT2D eigenvalue weighted by Gasteiger charge is -2.40. The van der Waals surface area contributed by atoms with E-state index < -0.39 is 0 Å². The van der Waals surface area contributed by atoms with Gasteiger partial charge in [-0.15, -0.1) is 15.3 Å².